The first kappa shape index (κ1) is 20.6. The van der Waals surface area contributed by atoms with Gasteiger partial charge in [-0.3, -0.25) is 9.59 Å². The van der Waals surface area contributed by atoms with Gasteiger partial charge in [-0.25, -0.2) is 0 Å². The zero-order valence-electron chi connectivity index (χ0n) is 15.8. The normalized spacial score (nSPS) is 10.3. The topological polar surface area (TPSA) is 67.9 Å². The third-order valence-electron chi connectivity index (χ3n) is 4.09. The SMILES string of the molecule is COc1ccc(OC)c(NC(=O)CCN(C(C)=O)c2cc(Cl)ccc2C)c1. The number of anilines is 2. The summed E-state index contributed by atoms with van der Waals surface area (Å²) in [5, 5.41) is 3.33. The molecule has 2 rings (SSSR count). The van der Waals surface area contributed by atoms with Crippen LogP contribution in [0.25, 0.3) is 0 Å². The van der Waals surface area contributed by atoms with Crippen LogP contribution in [0.3, 0.4) is 0 Å². The molecule has 0 atom stereocenters. The van der Waals surface area contributed by atoms with Gasteiger partial charge in [0.1, 0.15) is 11.5 Å². The molecule has 144 valence electrons. The molecule has 0 aliphatic rings. The average molecular weight is 391 g/mol. The minimum absolute atomic E-state index is 0.117. The maximum atomic E-state index is 12.4. The molecule has 1 N–H and O–H groups in total. The van der Waals surface area contributed by atoms with Gasteiger partial charge in [0.15, 0.2) is 0 Å². The van der Waals surface area contributed by atoms with Crippen molar-refractivity contribution >= 4 is 34.8 Å². The summed E-state index contributed by atoms with van der Waals surface area (Å²) < 4.78 is 10.4. The molecule has 0 fully saturated rings. The van der Waals surface area contributed by atoms with Crippen LogP contribution in [0.2, 0.25) is 5.02 Å². The number of benzene rings is 2. The van der Waals surface area contributed by atoms with Crippen LogP contribution in [-0.2, 0) is 9.59 Å². The van der Waals surface area contributed by atoms with Crippen molar-refractivity contribution in [1.29, 1.82) is 0 Å². The van der Waals surface area contributed by atoms with Gasteiger partial charge >= 0.3 is 0 Å². The summed E-state index contributed by atoms with van der Waals surface area (Å²) in [6.45, 7) is 3.58. The molecule has 0 aromatic heterocycles. The molecular weight excluding hydrogens is 368 g/mol. The Balaban J connectivity index is 2.11. The van der Waals surface area contributed by atoms with Gasteiger partial charge in [-0.2, -0.15) is 0 Å². The van der Waals surface area contributed by atoms with Gasteiger partial charge in [-0.15, -0.1) is 0 Å². The quantitative estimate of drug-likeness (QED) is 0.774. The van der Waals surface area contributed by atoms with Crippen molar-refractivity contribution in [3.05, 3.63) is 47.0 Å². The molecule has 0 heterocycles. The molecule has 0 spiro atoms. The molecule has 27 heavy (non-hydrogen) atoms. The number of carbonyl (C=O) groups is 2. The van der Waals surface area contributed by atoms with Crippen molar-refractivity contribution in [2.24, 2.45) is 0 Å². The van der Waals surface area contributed by atoms with Crippen LogP contribution in [0.1, 0.15) is 18.9 Å². The fraction of sp³-hybridized carbons (Fsp3) is 0.300. The lowest BCUT2D eigenvalue weighted by Gasteiger charge is -2.23. The predicted molar refractivity (Wildman–Crippen MR) is 107 cm³/mol. The van der Waals surface area contributed by atoms with E-state index in [1.165, 1.54) is 14.0 Å². The molecule has 0 radical (unpaired) electrons. The molecule has 0 bridgehead atoms. The molecule has 0 unspecified atom stereocenters. The van der Waals surface area contributed by atoms with E-state index in [1.807, 2.05) is 13.0 Å². The average Bonchev–Trinajstić information content (AvgIpc) is 2.64. The first-order chi connectivity index (χ1) is 12.8. The molecule has 7 heteroatoms. The number of hydrogen-bond donors (Lipinski definition) is 1. The predicted octanol–water partition coefficient (Wildman–Crippen LogP) is 4.05. The van der Waals surface area contributed by atoms with E-state index in [0.717, 1.165) is 5.56 Å². The summed E-state index contributed by atoms with van der Waals surface area (Å²) in [5.74, 6) is 0.726. The number of ether oxygens (including phenoxy) is 2. The third kappa shape index (κ3) is 5.37. The molecular formula is C20H23ClN2O4. The molecule has 0 saturated heterocycles. The lowest BCUT2D eigenvalue weighted by molar-refractivity contribution is -0.117. The maximum absolute atomic E-state index is 12.4. The molecule has 6 nitrogen and oxygen atoms in total. The Labute approximate surface area is 164 Å². The number of nitrogens with one attached hydrogen (secondary N) is 1. The summed E-state index contributed by atoms with van der Waals surface area (Å²) in [6, 6.07) is 10.5. The first-order valence-electron chi connectivity index (χ1n) is 8.42. The van der Waals surface area contributed by atoms with Crippen LogP contribution in [-0.4, -0.2) is 32.6 Å². The molecule has 2 amide bonds. The zero-order chi connectivity index (χ0) is 20.0. The van der Waals surface area contributed by atoms with Crippen LogP contribution < -0.4 is 19.7 Å². The molecule has 0 saturated carbocycles. The number of carbonyl (C=O) groups excluding carboxylic acids is 2. The fourth-order valence-corrected chi connectivity index (χ4v) is 2.83. The Hall–Kier alpha value is -2.73. The van der Waals surface area contributed by atoms with Crippen LogP contribution >= 0.6 is 11.6 Å². The van der Waals surface area contributed by atoms with Gasteiger partial charge in [-0.1, -0.05) is 17.7 Å². The van der Waals surface area contributed by atoms with E-state index < -0.39 is 0 Å². The van der Waals surface area contributed by atoms with E-state index >= 15 is 0 Å². The van der Waals surface area contributed by atoms with Gasteiger partial charge in [0, 0.05) is 36.7 Å². The van der Waals surface area contributed by atoms with Crippen LogP contribution in [0.5, 0.6) is 11.5 Å². The first-order valence-corrected chi connectivity index (χ1v) is 8.79. The number of hydrogen-bond acceptors (Lipinski definition) is 4. The van der Waals surface area contributed by atoms with Crippen LogP contribution in [0, 0.1) is 6.92 Å². The number of rotatable bonds is 7. The fourth-order valence-electron chi connectivity index (χ4n) is 2.66. The lowest BCUT2D eigenvalue weighted by Crippen LogP contribution is -2.32. The zero-order valence-corrected chi connectivity index (χ0v) is 16.6. The van der Waals surface area contributed by atoms with Crippen molar-refractivity contribution in [3.8, 4) is 11.5 Å². The van der Waals surface area contributed by atoms with Crippen molar-refractivity contribution in [1.82, 2.24) is 0 Å². The molecule has 0 aliphatic heterocycles. The summed E-state index contributed by atoms with van der Waals surface area (Å²) >= 11 is 6.05. The standard InChI is InChI=1S/C20H23ClN2O4/c1-13-5-6-15(21)11-18(13)23(14(2)24)10-9-20(25)22-17-12-16(26-3)7-8-19(17)27-4/h5-8,11-12H,9-10H2,1-4H3,(H,22,25). The Morgan fingerprint density at radius 2 is 1.85 bits per heavy atom. The van der Waals surface area contributed by atoms with Crippen LogP contribution in [0.4, 0.5) is 11.4 Å². The van der Waals surface area contributed by atoms with E-state index in [1.54, 1.807) is 42.3 Å². The lowest BCUT2D eigenvalue weighted by atomic mass is 10.1. The summed E-state index contributed by atoms with van der Waals surface area (Å²) in [7, 11) is 3.07. The second-order valence-electron chi connectivity index (χ2n) is 5.97. The van der Waals surface area contributed by atoms with Crippen molar-refractivity contribution in [2.75, 3.05) is 31.0 Å². The van der Waals surface area contributed by atoms with Crippen LogP contribution in [0.15, 0.2) is 36.4 Å². The second kappa shape index (κ2) is 9.28. The maximum Gasteiger partial charge on any atom is 0.226 e. The Kier molecular flexibility index (Phi) is 7.07. The van der Waals surface area contributed by atoms with E-state index in [2.05, 4.69) is 5.32 Å². The largest absolute Gasteiger partial charge is 0.497 e. The van der Waals surface area contributed by atoms with E-state index in [4.69, 9.17) is 21.1 Å². The molecule has 0 aliphatic carbocycles. The second-order valence-corrected chi connectivity index (χ2v) is 6.40. The van der Waals surface area contributed by atoms with Gasteiger partial charge < -0.3 is 19.7 Å². The third-order valence-corrected chi connectivity index (χ3v) is 4.32. The monoisotopic (exact) mass is 390 g/mol. The highest BCUT2D eigenvalue weighted by molar-refractivity contribution is 6.31. The number of methoxy groups -OCH3 is 2. The van der Waals surface area contributed by atoms with Crippen molar-refractivity contribution < 1.29 is 19.1 Å². The van der Waals surface area contributed by atoms with E-state index in [0.29, 0.717) is 27.9 Å². The minimum Gasteiger partial charge on any atom is -0.497 e. The highest BCUT2D eigenvalue weighted by Crippen LogP contribution is 2.29. The molecule has 2 aromatic carbocycles. The van der Waals surface area contributed by atoms with E-state index in [9.17, 15) is 9.59 Å². The van der Waals surface area contributed by atoms with Gasteiger partial charge in [0.05, 0.1) is 19.9 Å². The summed E-state index contributed by atoms with van der Waals surface area (Å²) in [5.41, 5.74) is 2.11. The summed E-state index contributed by atoms with van der Waals surface area (Å²) in [4.78, 5) is 26.0. The molecule has 2 aromatic rings. The highest BCUT2D eigenvalue weighted by atomic mass is 35.5. The number of halogens is 1. The Morgan fingerprint density at radius 3 is 2.48 bits per heavy atom. The summed E-state index contributed by atoms with van der Waals surface area (Å²) in [6.07, 6.45) is 0.117. The van der Waals surface area contributed by atoms with Gasteiger partial charge in [0.25, 0.3) is 0 Å². The van der Waals surface area contributed by atoms with Gasteiger partial charge in [-0.05, 0) is 36.8 Å². The Bertz CT molecular complexity index is 839. The van der Waals surface area contributed by atoms with Gasteiger partial charge in [0.2, 0.25) is 11.8 Å². The van der Waals surface area contributed by atoms with Crippen molar-refractivity contribution in [2.45, 2.75) is 20.3 Å². The minimum atomic E-state index is -0.243. The highest BCUT2D eigenvalue weighted by Gasteiger charge is 2.17. The Morgan fingerprint density at radius 1 is 1.11 bits per heavy atom. The number of aryl methyl sites for hydroxylation is 1. The smallest absolute Gasteiger partial charge is 0.226 e. The van der Waals surface area contributed by atoms with E-state index in [-0.39, 0.29) is 24.8 Å². The van der Waals surface area contributed by atoms with Crippen molar-refractivity contribution in [3.63, 3.8) is 0 Å². The number of nitrogens with zero attached hydrogens (tertiary/aromatic N) is 1. The number of amides is 2.